The van der Waals surface area contributed by atoms with E-state index in [9.17, 15) is 8.42 Å². The summed E-state index contributed by atoms with van der Waals surface area (Å²) in [5, 5.41) is 18.4. The fraction of sp³-hybridized carbons (Fsp3) is 0. The minimum atomic E-state index is -4.22. The molecule has 9 heteroatoms. The Hall–Kier alpha value is -0.450. The summed E-state index contributed by atoms with van der Waals surface area (Å²) in [6.07, 6.45) is 0. The van der Waals surface area contributed by atoms with Crippen LogP contribution in [0.25, 0.3) is 0 Å². The molecule has 0 amide bonds. The van der Waals surface area contributed by atoms with Gasteiger partial charge in [-0.25, -0.2) is 0 Å². The number of hydrogen-bond donors (Lipinski definition) is 0. The zero-order valence-electron chi connectivity index (χ0n) is 4.75. The number of thiocyanates is 2. The quantitative estimate of drug-likeness (QED) is 0.491. The van der Waals surface area contributed by atoms with Crippen LogP contribution >= 0.6 is 24.1 Å². The van der Waals surface area contributed by atoms with Gasteiger partial charge in [0.15, 0.2) is 10.8 Å². The maximum atomic E-state index is 10.4. The molecule has 0 unspecified atom stereocenters. The van der Waals surface area contributed by atoms with Crippen LogP contribution in [0.1, 0.15) is 0 Å². The van der Waals surface area contributed by atoms with E-state index >= 15 is 0 Å². The summed E-state index contributed by atoms with van der Waals surface area (Å²) in [5.41, 5.74) is 0. The molecule has 0 aliphatic rings. The topological polar surface area (TPSA) is 100 Å². The lowest BCUT2D eigenvalue weighted by molar-refractivity contribution is 0.440. The summed E-state index contributed by atoms with van der Waals surface area (Å²) in [5.74, 6) is 0. The lowest BCUT2D eigenvalue weighted by atomic mass is 11.8. The van der Waals surface area contributed by atoms with Crippen LogP contribution in [0, 0.1) is 21.3 Å². The van der Waals surface area contributed by atoms with E-state index in [1.165, 1.54) is 10.8 Å². The van der Waals surface area contributed by atoms with Crippen LogP contribution in [0.5, 0.6) is 0 Å². The summed E-state index contributed by atoms with van der Waals surface area (Å²) >= 11 is 0.0707. The fourth-order valence-corrected chi connectivity index (χ4v) is 1.33. The molecule has 0 spiro atoms. The number of nitriles is 2. The minimum Gasteiger partial charge on any atom is -0.183 e. The first-order chi connectivity index (χ1) is 5.12. The molecule has 0 bridgehead atoms. The van der Waals surface area contributed by atoms with Gasteiger partial charge in [-0.15, -0.1) is 0 Å². The maximum absolute atomic E-state index is 10.4. The average Bonchev–Trinajstić information content (AvgIpc) is 1.97. The van der Waals surface area contributed by atoms with Crippen molar-refractivity contribution in [1.82, 2.24) is 0 Å². The zero-order valence-corrected chi connectivity index (χ0v) is 7.20. The first-order valence-corrected chi connectivity index (χ1v) is 4.67. The lowest BCUT2D eigenvalue weighted by Crippen LogP contribution is -1.99. The molecule has 60 valence electrons. The van der Waals surface area contributed by atoms with Gasteiger partial charge in [0.1, 0.15) is 24.1 Å². The molecule has 0 aliphatic carbocycles. The Morgan fingerprint density at radius 2 is 1.45 bits per heavy atom. The van der Waals surface area contributed by atoms with E-state index in [0.29, 0.717) is 0 Å². The van der Waals surface area contributed by atoms with Crippen molar-refractivity contribution in [3.05, 3.63) is 0 Å². The summed E-state index contributed by atoms with van der Waals surface area (Å²) < 4.78 is 28.3. The van der Waals surface area contributed by atoms with Crippen molar-refractivity contribution >= 4 is 34.5 Å². The van der Waals surface area contributed by atoms with E-state index in [1.807, 2.05) is 0 Å². The van der Waals surface area contributed by atoms with Gasteiger partial charge in [-0.05, 0) is 0 Å². The predicted molar refractivity (Wildman–Crippen MR) is 37.5 cm³/mol. The minimum absolute atomic E-state index is 0.0353. The van der Waals surface area contributed by atoms with Crippen LogP contribution in [0.15, 0.2) is 0 Å². The number of hydrogen-bond acceptors (Lipinski definition) is 8. The van der Waals surface area contributed by atoms with E-state index in [2.05, 4.69) is 7.26 Å². The highest BCUT2D eigenvalue weighted by molar-refractivity contribution is 8.11. The van der Waals surface area contributed by atoms with Gasteiger partial charge < -0.3 is 0 Å². The molecule has 0 heterocycles. The molecule has 0 aliphatic heterocycles. The van der Waals surface area contributed by atoms with Crippen molar-refractivity contribution in [2.45, 2.75) is 0 Å². The van der Waals surface area contributed by atoms with Crippen LogP contribution in [0.4, 0.5) is 0 Å². The third kappa shape index (κ3) is 5.97. The van der Waals surface area contributed by atoms with Crippen LogP contribution in [0.2, 0.25) is 0 Å². The normalized spacial score (nSPS) is 10.0. The van der Waals surface area contributed by atoms with Crippen LogP contribution < -0.4 is 0 Å². The molecule has 6 nitrogen and oxygen atoms in total. The van der Waals surface area contributed by atoms with Gasteiger partial charge in [-0.1, -0.05) is 0 Å². The van der Waals surface area contributed by atoms with E-state index < -0.39 is 10.4 Å². The summed E-state index contributed by atoms with van der Waals surface area (Å²) in [6, 6.07) is 0. The molecule has 0 atom stereocenters. The van der Waals surface area contributed by atoms with Crippen LogP contribution in [-0.2, 0) is 17.7 Å². The number of rotatable bonds is 4. The molecule has 0 saturated carbocycles. The van der Waals surface area contributed by atoms with Crippen molar-refractivity contribution in [2.24, 2.45) is 0 Å². The van der Waals surface area contributed by atoms with E-state index in [4.69, 9.17) is 10.5 Å². The molecule has 0 saturated heterocycles. The monoisotopic (exact) mass is 212 g/mol. The Labute approximate surface area is 71.8 Å². The highest BCUT2D eigenvalue weighted by Crippen LogP contribution is 2.13. The molecule has 0 aromatic carbocycles. The highest BCUT2D eigenvalue weighted by atomic mass is 32.3. The zero-order chi connectivity index (χ0) is 8.74. The van der Waals surface area contributed by atoms with Gasteiger partial charge >= 0.3 is 10.4 Å². The van der Waals surface area contributed by atoms with Gasteiger partial charge in [-0.2, -0.15) is 26.2 Å². The van der Waals surface area contributed by atoms with Crippen LogP contribution in [-0.4, -0.2) is 8.42 Å². The second kappa shape index (κ2) is 5.23. The predicted octanol–water partition coefficient (Wildman–Crippen LogP) is 0.523. The fourth-order valence-electron chi connectivity index (χ4n) is 0.125. The Bertz CT molecular complexity index is 259. The molecule has 0 aromatic rings. The lowest BCUT2D eigenvalue weighted by Gasteiger charge is -1.93. The smallest absolute Gasteiger partial charge is 0.183 e. The van der Waals surface area contributed by atoms with Crippen LogP contribution in [0.3, 0.4) is 0 Å². The van der Waals surface area contributed by atoms with Gasteiger partial charge in [0.05, 0.1) is 0 Å². The SMILES string of the molecule is N#CSOS(=O)(=O)OSC#N. The second-order valence-corrected chi connectivity index (χ2v) is 3.50. The molecule has 0 fully saturated rings. The first-order valence-electron chi connectivity index (χ1n) is 1.86. The molecular weight excluding hydrogens is 212 g/mol. The molecule has 0 radical (unpaired) electrons. The summed E-state index contributed by atoms with van der Waals surface area (Å²) in [4.78, 5) is 0. The molecule has 0 N–H and O–H groups in total. The molecular formula is C2N2O4S3. The third-order valence-electron chi connectivity index (χ3n) is 0.309. The second-order valence-electron chi connectivity index (χ2n) is 0.894. The van der Waals surface area contributed by atoms with Gasteiger partial charge in [0, 0.05) is 0 Å². The first kappa shape index (κ1) is 10.6. The van der Waals surface area contributed by atoms with Crippen molar-refractivity contribution in [1.29, 1.82) is 10.5 Å². The van der Waals surface area contributed by atoms with Crippen molar-refractivity contribution in [2.75, 3.05) is 0 Å². The Morgan fingerprint density at radius 1 is 1.09 bits per heavy atom. The summed E-state index contributed by atoms with van der Waals surface area (Å²) in [7, 11) is -4.22. The Morgan fingerprint density at radius 3 is 1.73 bits per heavy atom. The Balaban J connectivity index is 3.86. The van der Waals surface area contributed by atoms with E-state index in [-0.39, 0.29) is 24.1 Å². The largest absolute Gasteiger partial charge is 0.423 e. The van der Waals surface area contributed by atoms with E-state index in [0.717, 1.165) is 0 Å². The maximum Gasteiger partial charge on any atom is 0.423 e. The Kier molecular flexibility index (Phi) is 5.02. The van der Waals surface area contributed by atoms with Gasteiger partial charge in [0.2, 0.25) is 0 Å². The third-order valence-corrected chi connectivity index (χ3v) is 2.34. The molecule has 0 rings (SSSR count). The van der Waals surface area contributed by atoms with Crippen molar-refractivity contribution < 1.29 is 15.7 Å². The van der Waals surface area contributed by atoms with E-state index in [1.54, 1.807) is 0 Å². The summed E-state index contributed by atoms with van der Waals surface area (Å²) in [6.45, 7) is 0. The van der Waals surface area contributed by atoms with Gasteiger partial charge in [-0.3, -0.25) is 0 Å². The molecule has 11 heavy (non-hydrogen) atoms. The number of nitrogens with zero attached hydrogens (tertiary/aromatic N) is 2. The average molecular weight is 212 g/mol. The highest BCUT2D eigenvalue weighted by Gasteiger charge is 2.13. The van der Waals surface area contributed by atoms with Crippen molar-refractivity contribution in [3.63, 3.8) is 0 Å². The van der Waals surface area contributed by atoms with Gasteiger partial charge in [0.25, 0.3) is 0 Å². The molecule has 0 aromatic heterocycles. The van der Waals surface area contributed by atoms with Crippen molar-refractivity contribution in [3.8, 4) is 10.8 Å². The standard InChI is InChI=1S/C2N2O4S3/c3-1-9-7-11(5,6)8-10-2-4.